The van der Waals surface area contributed by atoms with Gasteiger partial charge >= 0.3 is 0 Å². The molecule has 1 fully saturated rings. The largest absolute Gasteiger partial charge is 0.308 e. The molecule has 1 unspecified atom stereocenters. The fourth-order valence-electron chi connectivity index (χ4n) is 3.20. The van der Waals surface area contributed by atoms with E-state index >= 15 is 0 Å². The Hall–Kier alpha value is -1.09. The summed E-state index contributed by atoms with van der Waals surface area (Å²) in [5.41, 5.74) is 0. The Morgan fingerprint density at radius 2 is 1.80 bits per heavy atom. The van der Waals surface area contributed by atoms with Crippen LogP contribution in [0.1, 0.15) is 19.8 Å². The van der Waals surface area contributed by atoms with E-state index in [2.05, 4.69) is 11.8 Å². The first-order valence-electron chi connectivity index (χ1n) is 8.59. The zero-order valence-electron chi connectivity index (χ0n) is 15.1. The van der Waals surface area contributed by atoms with Crippen LogP contribution in [0.3, 0.4) is 0 Å². The lowest BCUT2D eigenvalue weighted by atomic mass is 10.2. The molecule has 0 aromatic heterocycles. The van der Waals surface area contributed by atoms with Crippen LogP contribution >= 0.6 is 0 Å². The van der Waals surface area contributed by atoms with Crippen LogP contribution in [0.5, 0.6) is 0 Å². The summed E-state index contributed by atoms with van der Waals surface area (Å²) in [5.74, 6) is -1.77. The van der Waals surface area contributed by atoms with E-state index in [4.69, 9.17) is 0 Å². The van der Waals surface area contributed by atoms with Gasteiger partial charge in [-0.05, 0) is 52.2 Å². The Labute approximate surface area is 149 Å². The lowest BCUT2D eigenvalue weighted by molar-refractivity contribution is 0.220. The minimum absolute atomic E-state index is 0.139. The molecule has 1 aromatic rings. The number of sulfonamides is 1. The van der Waals surface area contributed by atoms with Crippen LogP contribution in [0, 0.1) is 11.6 Å². The van der Waals surface area contributed by atoms with Gasteiger partial charge in [-0.1, -0.05) is 6.92 Å². The fourth-order valence-corrected chi connectivity index (χ4v) is 4.71. The lowest BCUT2D eigenvalue weighted by Gasteiger charge is -2.30. The molecule has 1 aromatic carbocycles. The first kappa shape index (κ1) is 20.2. The van der Waals surface area contributed by atoms with Crippen LogP contribution in [0.4, 0.5) is 8.78 Å². The SMILES string of the molecule is CCN1CCCC1CN(CCN(C)C)S(=O)(=O)c1cc(F)cc(F)c1. The van der Waals surface area contributed by atoms with Crippen LogP contribution in [-0.4, -0.2) is 75.4 Å². The van der Waals surface area contributed by atoms with Crippen LogP contribution in [0.25, 0.3) is 0 Å². The second kappa shape index (κ2) is 8.53. The number of nitrogens with zero attached hydrogens (tertiary/aromatic N) is 3. The summed E-state index contributed by atoms with van der Waals surface area (Å²) < 4.78 is 54.4. The fraction of sp³-hybridized carbons (Fsp3) is 0.647. The van der Waals surface area contributed by atoms with Crippen LogP contribution in [0.15, 0.2) is 23.1 Å². The van der Waals surface area contributed by atoms with E-state index in [9.17, 15) is 17.2 Å². The predicted octanol–water partition coefficient (Wildman–Crippen LogP) is 2.00. The Balaban J connectivity index is 2.29. The third-order valence-electron chi connectivity index (χ3n) is 4.59. The van der Waals surface area contributed by atoms with Gasteiger partial charge in [0.25, 0.3) is 0 Å². The number of likely N-dealkylation sites (N-methyl/N-ethyl adjacent to an activating group) is 2. The van der Waals surface area contributed by atoms with Crippen molar-refractivity contribution < 1.29 is 17.2 Å². The van der Waals surface area contributed by atoms with Crippen molar-refractivity contribution in [2.75, 3.05) is 46.8 Å². The van der Waals surface area contributed by atoms with Crippen molar-refractivity contribution >= 4 is 10.0 Å². The zero-order valence-corrected chi connectivity index (χ0v) is 15.9. The van der Waals surface area contributed by atoms with E-state index in [1.54, 1.807) is 0 Å². The van der Waals surface area contributed by atoms with E-state index < -0.39 is 21.7 Å². The predicted molar refractivity (Wildman–Crippen MR) is 93.9 cm³/mol. The van der Waals surface area contributed by atoms with Gasteiger partial charge in [0, 0.05) is 31.7 Å². The van der Waals surface area contributed by atoms with Gasteiger partial charge in [0.15, 0.2) is 0 Å². The molecule has 25 heavy (non-hydrogen) atoms. The smallest absolute Gasteiger partial charge is 0.243 e. The number of hydrogen-bond donors (Lipinski definition) is 0. The summed E-state index contributed by atoms with van der Waals surface area (Å²) in [4.78, 5) is 3.82. The third-order valence-corrected chi connectivity index (χ3v) is 6.43. The molecule has 0 bridgehead atoms. The minimum Gasteiger partial charge on any atom is -0.308 e. The molecule has 5 nitrogen and oxygen atoms in total. The molecule has 1 aliphatic rings. The molecule has 0 spiro atoms. The maximum absolute atomic E-state index is 13.5. The third kappa shape index (κ3) is 5.20. The van der Waals surface area contributed by atoms with Gasteiger partial charge in [0.05, 0.1) is 4.90 Å². The van der Waals surface area contributed by atoms with Gasteiger partial charge in [0.2, 0.25) is 10.0 Å². The van der Waals surface area contributed by atoms with Gasteiger partial charge in [-0.25, -0.2) is 17.2 Å². The van der Waals surface area contributed by atoms with Crippen molar-refractivity contribution in [3.05, 3.63) is 29.8 Å². The first-order valence-corrected chi connectivity index (χ1v) is 10.0. The van der Waals surface area contributed by atoms with Gasteiger partial charge in [0.1, 0.15) is 11.6 Å². The summed E-state index contributed by atoms with van der Waals surface area (Å²) in [6.45, 7) is 5.02. The second-order valence-corrected chi connectivity index (χ2v) is 8.63. The average molecular weight is 375 g/mol. The monoisotopic (exact) mass is 375 g/mol. The number of rotatable bonds is 8. The topological polar surface area (TPSA) is 43.9 Å². The molecule has 1 atom stereocenters. The normalized spacial score (nSPS) is 19.2. The number of likely N-dealkylation sites (tertiary alicyclic amines) is 1. The quantitative estimate of drug-likeness (QED) is 0.697. The number of halogens is 2. The molecule has 142 valence electrons. The molecule has 0 radical (unpaired) electrons. The molecule has 0 aliphatic carbocycles. The summed E-state index contributed by atoms with van der Waals surface area (Å²) in [5, 5.41) is 0. The van der Waals surface area contributed by atoms with Crippen molar-refractivity contribution in [1.82, 2.24) is 14.1 Å². The molecule has 0 N–H and O–H groups in total. The first-order chi connectivity index (χ1) is 11.7. The average Bonchev–Trinajstić information content (AvgIpc) is 2.97. The van der Waals surface area contributed by atoms with E-state index in [0.29, 0.717) is 19.2 Å². The van der Waals surface area contributed by atoms with Crippen LogP contribution in [0.2, 0.25) is 0 Å². The number of benzene rings is 1. The summed E-state index contributed by atoms with van der Waals surface area (Å²) in [7, 11) is -0.238. The van der Waals surface area contributed by atoms with Gasteiger partial charge in [-0.3, -0.25) is 4.90 Å². The van der Waals surface area contributed by atoms with E-state index in [-0.39, 0.29) is 17.5 Å². The summed E-state index contributed by atoms with van der Waals surface area (Å²) >= 11 is 0. The van der Waals surface area contributed by atoms with Crippen molar-refractivity contribution in [2.45, 2.75) is 30.7 Å². The highest BCUT2D eigenvalue weighted by Crippen LogP contribution is 2.23. The zero-order chi connectivity index (χ0) is 18.6. The van der Waals surface area contributed by atoms with E-state index in [1.807, 2.05) is 19.0 Å². The molecule has 0 amide bonds. The van der Waals surface area contributed by atoms with Crippen LogP contribution in [-0.2, 0) is 10.0 Å². The standard InChI is InChI=1S/C17H27F2N3O2S/c1-4-21-7-5-6-16(21)13-22(9-8-20(2)3)25(23,24)17-11-14(18)10-15(19)12-17/h10-12,16H,4-9,13H2,1-3H3. The van der Waals surface area contributed by atoms with E-state index in [0.717, 1.165) is 38.1 Å². The highest BCUT2D eigenvalue weighted by molar-refractivity contribution is 7.89. The van der Waals surface area contributed by atoms with Gasteiger partial charge in [-0.2, -0.15) is 4.31 Å². The maximum Gasteiger partial charge on any atom is 0.243 e. The molecule has 1 heterocycles. The van der Waals surface area contributed by atoms with Crippen molar-refractivity contribution in [1.29, 1.82) is 0 Å². The van der Waals surface area contributed by atoms with Crippen LogP contribution < -0.4 is 0 Å². The Morgan fingerprint density at radius 1 is 1.16 bits per heavy atom. The lowest BCUT2D eigenvalue weighted by Crippen LogP contribution is -2.45. The summed E-state index contributed by atoms with van der Waals surface area (Å²) in [6, 6.07) is 2.58. The second-order valence-electron chi connectivity index (χ2n) is 6.70. The van der Waals surface area contributed by atoms with Crippen molar-refractivity contribution in [3.63, 3.8) is 0 Å². The maximum atomic E-state index is 13.5. The van der Waals surface area contributed by atoms with Crippen molar-refractivity contribution in [3.8, 4) is 0 Å². The molecule has 2 rings (SSSR count). The van der Waals surface area contributed by atoms with E-state index in [1.165, 1.54) is 4.31 Å². The Morgan fingerprint density at radius 3 is 2.36 bits per heavy atom. The van der Waals surface area contributed by atoms with Gasteiger partial charge in [-0.15, -0.1) is 0 Å². The minimum atomic E-state index is -3.96. The molecule has 8 heteroatoms. The molecule has 0 saturated carbocycles. The van der Waals surface area contributed by atoms with Gasteiger partial charge < -0.3 is 4.90 Å². The molecule has 1 saturated heterocycles. The highest BCUT2D eigenvalue weighted by atomic mass is 32.2. The Kier molecular flexibility index (Phi) is 6.90. The highest BCUT2D eigenvalue weighted by Gasteiger charge is 2.32. The summed E-state index contributed by atoms with van der Waals surface area (Å²) in [6.07, 6.45) is 1.97. The molecular formula is C17H27F2N3O2S. The molecular weight excluding hydrogens is 348 g/mol. The van der Waals surface area contributed by atoms with Crippen molar-refractivity contribution in [2.24, 2.45) is 0 Å². The molecule has 1 aliphatic heterocycles. The Bertz CT molecular complexity index is 662. The number of hydrogen-bond acceptors (Lipinski definition) is 4.